The summed E-state index contributed by atoms with van der Waals surface area (Å²) in [5.41, 5.74) is 5.65. The lowest BCUT2D eigenvalue weighted by molar-refractivity contribution is 0.598. The van der Waals surface area contributed by atoms with Gasteiger partial charge in [0.05, 0.1) is 23.8 Å². The van der Waals surface area contributed by atoms with E-state index in [1.54, 1.807) is 0 Å². The van der Waals surface area contributed by atoms with Crippen LogP contribution < -0.4 is 5.73 Å². The highest BCUT2D eigenvalue weighted by Crippen LogP contribution is 2.00. The number of nitrogens with two attached hydrogens (primary N) is 1. The zero-order valence-electron chi connectivity index (χ0n) is 6.03. The molecule has 0 spiro atoms. The summed E-state index contributed by atoms with van der Waals surface area (Å²) < 4.78 is 22.0. The second-order valence-corrected chi connectivity index (χ2v) is 4.51. The van der Waals surface area contributed by atoms with Crippen molar-refractivity contribution in [2.24, 2.45) is 10.7 Å². The quantitative estimate of drug-likeness (QED) is 0.573. The Morgan fingerprint density at radius 3 is 2.82 bits per heavy atom. The fourth-order valence-corrected chi connectivity index (χ4v) is 2.04. The van der Waals surface area contributed by atoms with E-state index in [1.165, 1.54) is 12.3 Å². The molecule has 2 N–H and O–H groups in total. The SMILES string of the molecule is NC=CC1=NCCS(=O)(=O)C1. The molecule has 62 valence electrons. The number of sulfone groups is 1. The molecule has 1 aliphatic heterocycles. The highest BCUT2D eigenvalue weighted by molar-refractivity contribution is 7.92. The van der Waals surface area contributed by atoms with Crippen molar-refractivity contribution in [2.45, 2.75) is 0 Å². The third-order valence-electron chi connectivity index (χ3n) is 1.37. The topological polar surface area (TPSA) is 72.5 Å². The van der Waals surface area contributed by atoms with Crippen LogP contribution in [0, 0.1) is 0 Å². The van der Waals surface area contributed by atoms with Crippen LogP contribution in [0.15, 0.2) is 17.3 Å². The molecule has 0 unspecified atom stereocenters. The van der Waals surface area contributed by atoms with E-state index in [0.717, 1.165) is 0 Å². The first-order valence-corrected chi connectivity index (χ1v) is 5.08. The van der Waals surface area contributed by atoms with Gasteiger partial charge in [-0.15, -0.1) is 0 Å². The third kappa shape index (κ3) is 2.34. The fourth-order valence-electron chi connectivity index (χ4n) is 0.883. The van der Waals surface area contributed by atoms with Crippen molar-refractivity contribution in [3.8, 4) is 0 Å². The molecule has 11 heavy (non-hydrogen) atoms. The minimum absolute atomic E-state index is 0.0285. The number of hydrogen-bond acceptors (Lipinski definition) is 4. The van der Waals surface area contributed by atoms with Gasteiger partial charge in [-0.25, -0.2) is 8.42 Å². The molecule has 1 aliphatic rings. The van der Waals surface area contributed by atoms with Crippen LogP contribution in [0.3, 0.4) is 0 Å². The highest BCUT2D eigenvalue weighted by atomic mass is 32.2. The van der Waals surface area contributed by atoms with Gasteiger partial charge in [0.2, 0.25) is 0 Å². The van der Waals surface area contributed by atoms with E-state index in [9.17, 15) is 8.42 Å². The number of nitrogens with zero attached hydrogens (tertiary/aromatic N) is 1. The summed E-state index contributed by atoms with van der Waals surface area (Å²) in [6.45, 7) is 0.363. The van der Waals surface area contributed by atoms with Crippen LogP contribution >= 0.6 is 0 Å². The lowest BCUT2D eigenvalue weighted by Crippen LogP contribution is -2.24. The summed E-state index contributed by atoms with van der Waals surface area (Å²) in [7, 11) is -2.89. The van der Waals surface area contributed by atoms with Gasteiger partial charge in [0.25, 0.3) is 0 Å². The Hall–Kier alpha value is -0.840. The van der Waals surface area contributed by atoms with Crippen LogP contribution in [0.4, 0.5) is 0 Å². The molecular formula is C6H10N2O2S. The molecule has 0 aromatic heterocycles. The second kappa shape index (κ2) is 3.04. The van der Waals surface area contributed by atoms with Crippen molar-refractivity contribution in [3.05, 3.63) is 12.3 Å². The van der Waals surface area contributed by atoms with Gasteiger partial charge in [0.1, 0.15) is 0 Å². The molecule has 0 aromatic carbocycles. The molecule has 5 heteroatoms. The number of allylic oxidation sites excluding steroid dienone is 1. The molecule has 1 rings (SSSR count). The van der Waals surface area contributed by atoms with Crippen LogP contribution in [0.5, 0.6) is 0 Å². The van der Waals surface area contributed by atoms with E-state index in [4.69, 9.17) is 5.73 Å². The minimum atomic E-state index is -2.89. The standard InChI is InChI=1S/C6H10N2O2S/c7-2-1-6-5-11(9,10)4-3-8-6/h1-2H,3-5,7H2. The molecule has 0 saturated heterocycles. The van der Waals surface area contributed by atoms with Crippen LogP contribution in [0.1, 0.15) is 0 Å². The predicted molar refractivity (Wildman–Crippen MR) is 44.3 cm³/mol. The van der Waals surface area contributed by atoms with E-state index < -0.39 is 9.84 Å². The van der Waals surface area contributed by atoms with Gasteiger partial charge in [0, 0.05) is 0 Å². The fraction of sp³-hybridized carbons (Fsp3) is 0.500. The minimum Gasteiger partial charge on any atom is -0.405 e. The summed E-state index contributed by atoms with van der Waals surface area (Å²) in [4.78, 5) is 3.99. The van der Waals surface area contributed by atoms with Gasteiger partial charge >= 0.3 is 0 Å². The summed E-state index contributed by atoms with van der Waals surface area (Å²) in [5, 5.41) is 0. The van der Waals surface area contributed by atoms with Crippen LogP contribution in [0.25, 0.3) is 0 Å². The van der Waals surface area contributed by atoms with Crippen LogP contribution in [-0.4, -0.2) is 32.2 Å². The van der Waals surface area contributed by atoms with E-state index in [2.05, 4.69) is 4.99 Å². The molecule has 0 fully saturated rings. The zero-order valence-corrected chi connectivity index (χ0v) is 6.84. The molecule has 1 heterocycles. The maximum Gasteiger partial charge on any atom is 0.157 e. The molecule has 0 amide bonds. The van der Waals surface area contributed by atoms with E-state index in [-0.39, 0.29) is 11.5 Å². The number of rotatable bonds is 1. The van der Waals surface area contributed by atoms with Gasteiger partial charge < -0.3 is 5.73 Å². The molecule has 0 radical (unpaired) electrons. The Labute approximate surface area is 65.7 Å². The number of hydrogen-bond donors (Lipinski definition) is 1. The van der Waals surface area contributed by atoms with Crippen LogP contribution in [-0.2, 0) is 9.84 Å². The van der Waals surface area contributed by atoms with Gasteiger partial charge in [-0.2, -0.15) is 0 Å². The van der Waals surface area contributed by atoms with Crippen molar-refractivity contribution in [1.82, 2.24) is 0 Å². The van der Waals surface area contributed by atoms with E-state index >= 15 is 0 Å². The predicted octanol–water partition coefficient (Wildman–Crippen LogP) is -0.672. The highest BCUT2D eigenvalue weighted by Gasteiger charge is 2.16. The Kier molecular flexibility index (Phi) is 2.28. The van der Waals surface area contributed by atoms with Crippen molar-refractivity contribution in [2.75, 3.05) is 18.1 Å². The van der Waals surface area contributed by atoms with Gasteiger partial charge in [-0.05, 0) is 12.3 Å². The average molecular weight is 174 g/mol. The summed E-state index contributed by atoms with van der Waals surface area (Å²) in [6.07, 6.45) is 2.83. The summed E-state index contributed by atoms with van der Waals surface area (Å²) in [6, 6.07) is 0. The van der Waals surface area contributed by atoms with E-state index in [0.29, 0.717) is 12.3 Å². The average Bonchev–Trinajstić information content (AvgIpc) is 1.85. The Morgan fingerprint density at radius 1 is 1.55 bits per heavy atom. The molecule has 0 saturated carbocycles. The second-order valence-electron chi connectivity index (χ2n) is 2.32. The lowest BCUT2D eigenvalue weighted by Gasteiger charge is -2.08. The molecule has 0 aliphatic carbocycles. The first kappa shape index (κ1) is 8.26. The molecule has 0 bridgehead atoms. The molecule has 4 nitrogen and oxygen atoms in total. The normalized spacial score (nSPS) is 23.5. The third-order valence-corrected chi connectivity index (χ3v) is 2.91. The molecule has 0 atom stereocenters. The molecule has 0 aromatic rings. The first-order valence-electron chi connectivity index (χ1n) is 3.26. The lowest BCUT2D eigenvalue weighted by atomic mass is 10.4. The van der Waals surface area contributed by atoms with Crippen molar-refractivity contribution in [1.29, 1.82) is 0 Å². The number of aliphatic imine (C=N–C) groups is 1. The Morgan fingerprint density at radius 2 is 2.27 bits per heavy atom. The maximum atomic E-state index is 11.0. The molecular weight excluding hydrogens is 164 g/mol. The smallest absolute Gasteiger partial charge is 0.157 e. The van der Waals surface area contributed by atoms with Crippen LogP contribution in [0.2, 0.25) is 0 Å². The van der Waals surface area contributed by atoms with Crippen molar-refractivity contribution >= 4 is 15.5 Å². The van der Waals surface area contributed by atoms with Crippen molar-refractivity contribution < 1.29 is 8.42 Å². The van der Waals surface area contributed by atoms with Gasteiger partial charge in [-0.3, -0.25) is 4.99 Å². The maximum absolute atomic E-state index is 11.0. The van der Waals surface area contributed by atoms with Gasteiger partial charge in [-0.1, -0.05) is 0 Å². The Balaban J connectivity index is 2.79. The summed E-state index contributed by atoms with van der Waals surface area (Å²) >= 11 is 0. The summed E-state index contributed by atoms with van der Waals surface area (Å²) in [5.74, 6) is 0.190. The monoisotopic (exact) mass is 174 g/mol. The van der Waals surface area contributed by atoms with Crippen molar-refractivity contribution in [3.63, 3.8) is 0 Å². The zero-order chi connectivity index (χ0) is 8.32. The first-order chi connectivity index (χ1) is 5.14. The Bertz CT molecular complexity index is 290. The largest absolute Gasteiger partial charge is 0.405 e. The van der Waals surface area contributed by atoms with E-state index in [1.807, 2.05) is 0 Å². The van der Waals surface area contributed by atoms with Gasteiger partial charge in [0.15, 0.2) is 9.84 Å².